The molecular formula is C13H23F2NO. The molecule has 0 aliphatic rings. The second kappa shape index (κ2) is 9.14. The van der Waals surface area contributed by atoms with Crippen molar-refractivity contribution in [2.75, 3.05) is 13.1 Å². The maximum Gasteiger partial charge on any atom is 0.248 e. The Morgan fingerprint density at radius 3 is 2.29 bits per heavy atom. The van der Waals surface area contributed by atoms with E-state index in [4.69, 9.17) is 0 Å². The molecule has 0 aliphatic carbocycles. The molecule has 0 N–H and O–H groups in total. The van der Waals surface area contributed by atoms with Gasteiger partial charge >= 0.3 is 0 Å². The molecule has 0 atom stereocenters. The zero-order valence-electron chi connectivity index (χ0n) is 10.8. The van der Waals surface area contributed by atoms with E-state index in [0.717, 1.165) is 19.3 Å². The van der Waals surface area contributed by atoms with Crippen LogP contribution >= 0.6 is 0 Å². The summed E-state index contributed by atoms with van der Waals surface area (Å²) in [7, 11) is 0. The molecule has 1 amide bonds. The van der Waals surface area contributed by atoms with Gasteiger partial charge in [0.2, 0.25) is 12.3 Å². The minimum atomic E-state index is -2.19. The topological polar surface area (TPSA) is 20.3 Å². The molecule has 100 valence electrons. The molecule has 0 heterocycles. The van der Waals surface area contributed by atoms with Crippen LogP contribution in [-0.2, 0) is 4.79 Å². The summed E-state index contributed by atoms with van der Waals surface area (Å²) in [4.78, 5) is 13.4. The third kappa shape index (κ3) is 7.88. The number of rotatable bonds is 9. The van der Waals surface area contributed by atoms with Crippen LogP contribution in [0.1, 0.15) is 46.0 Å². The van der Waals surface area contributed by atoms with Gasteiger partial charge in [-0.1, -0.05) is 19.4 Å². The van der Waals surface area contributed by atoms with Gasteiger partial charge in [-0.15, -0.1) is 0 Å². The Hall–Kier alpha value is -0.930. The summed E-state index contributed by atoms with van der Waals surface area (Å²) in [5.41, 5.74) is 0.546. The standard InChI is InChI=1S/C13H23F2NO/c1-4-16(13(17)11(2)3)10-8-6-5-7-9-12(14)15/h12H,2,4-10H2,1,3H3. The number of nitrogens with zero attached hydrogens (tertiary/aromatic N) is 1. The Morgan fingerprint density at radius 2 is 1.82 bits per heavy atom. The number of likely N-dealkylation sites (N-methyl/N-ethyl adjacent to an activating group) is 1. The number of halogens is 2. The van der Waals surface area contributed by atoms with Crippen LogP contribution in [0.5, 0.6) is 0 Å². The average Bonchev–Trinajstić information content (AvgIpc) is 2.27. The largest absolute Gasteiger partial charge is 0.339 e. The van der Waals surface area contributed by atoms with Crippen molar-refractivity contribution in [2.45, 2.75) is 52.4 Å². The summed E-state index contributed by atoms with van der Waals surface area (Å²) in [6, 6.07) is 0. The average molecular weight is 247 g/mol. The maximum absolute atomic E-state index is 11.9. The number of carbonyl (C=O) groups is 1. The molecule has 0 fully saturated rings. The zero-order valence-corrected chi connectivity index (χ0v) is 10.8. The van der Waals surface area contributed by atoms with Crippen LogP contribution in [0.3, 0.4) is 0 Å². The molecule has 0 bridgehead atoms. The van der Waals surface area contributed by atoms with Crippen molar-refractivity contribution < 1.29 is 13.6 Å². The lowest BCUT2D eigenvalue weighted by molar-refractivity contribution is -0.126. The number of hydrogen-bond acceptors (Lipinski definition) is 1. The lowest BCUT2D eigenvalue weighted by atomic mass is 10.1. The number of alkyl halides is 2. The first-order chi connectivity index (χ1) is 7.99. The van der Waals surface area contributed by atoms with Crippen LogP contribution in [0.25, 0.3) is 0 Å². The smallest absolute Gasteiger partial charge is 0.248 e. The highest BCUT2D eigenvalue weighted by Gasteiger charge is 2.11. The molecule has 0 aromatic carbocycles. The molecule has 0 aromatic heterocycles. The number of unbranched alkanes of at least 4 members (excludes halogenated alkanes) is 3. The summed E-state index contributed by atoms with van der Waals surface area (Å²) in [5.74, 6) is -0.0138. The van der Waals surface area contributed by atoms with E-state index in [9.17, 15) is 13.6 Å². The molecule has 0 saturated heterocycles. The molecule has 0 saturated carbocycles. The van der Waals surface area contributed by atoms with Crippen LogP contribution in [0.4, 0.5) is 8.78 Å². The Labute approximate surface area is 103 Å². The molecule has 0 aliphatic heterocycles. The minimum absolute atomic E-state index is 0.0117. The van der Waals surface area contributed by atoms with Crippen molar-refractivity contribution in [3.63, 3.8) is 0 Å². The fraction of sp³-hybridized carbons (Fsp3) is 0.769. The van der Waals surface area contributed by atoms with Gasteiger partial charge in [-0.25, -0.2) is 8.78 Å². The van der Waals surface area contributed by atoms with E-state index in [2.05, 4.69) is 6.58 Å². The molecular weight excluding hydrogens is 224 g/mol. The summed E-state index contributed by atoms with van der Waals surface area (Å²) >= 11 is 0. The van der Waals surface area contributed by atoms with Gasteiger partial charge in [0.05, 0.1) is 0 Å². The Kier molecular flexibility index (Phi) is 8.64. The van der Waals surface area contributed by atoms with E-state index in [1.54, 1.807) is 11.8 Å². The number of amides is 1. The molecule has 4 heteroatoms. The Bertz CT molecular complexity index is 242. The Balaban J connectivity index is 3.64. The molecule has 0 aromatic rings. The molecule has 0 rings (SSSR count). The highest BCUT2D eigenvalue weighted by Crippen LogP contribution is 2.10. The monoisotopic (exact) mass is 247 g/mol. The molecule has 0 unspecified atom stereocenters. The van der Waals surface area contributed by atoms with Gasteiger partial charge in [0.25, 0.3) is 0 Å². The van der Waals surface area contributed by atoms with Gasteiger partial charge in [0.1, 0.15) is 0 Å². The minimum Gasteiger partial charge on any atom is -0.339 e. The van der Waals surface area contributed by atoms with Gasteiger partial charge in [-0.2, -0.15) is 0 Å². The first-order valence-corrected chi connectivity index (χ1v) is 6.22. The first kappa shape index (κ1) is 16.1. The fourth-order valence-electron chi connectivity index (χ4n) is 1.63. The van der Waals surface area contributed by atoms with Gasteiger partial charge < -0.3 is 4.90 Å². The predicted octanol–water partition coefficient (Wildman–Crippen LogP) is 3.63. The first-order valence-electron chi connectivity index (χ1n) is 6.22. The van der Waals surface area contributed by atoms with Crippen molar-refractivity contribution in [1.82, 2.24) is 4.90 Å². The number of carbonyl (C=O) groups excluding carboxylic acids is 1. The van der Waals surface area contributed by atoms with Crippen molar-refractivity contribution in [3.05, 3.63) is 12.2 Å². The third-order valence-corrected chi connectivity index (χ3v) is 2.63. The Morgan fingerprint density at radius 1 is 1.24 bits per heavy atom. The van der Waals surface area contributed by atoms with Crippen LogP contribution in [-0.4, -0.2) is 30.3 Å². The summed E-state index contributed by atoms with van der Waals surface area (Å²) in [6.45, 7) is 8.62. The van der Waals surface area contributed by atoms with Crippen molar-refractivity contribution in [1.29, 1.82) is 0 Å². The van der Waals surface area contributed by atoms with Crippen molar-refractivity contribution in [2.24, 2.45) is 0 Å². The van der Waals surface area contributed by atoms with Crippen molar-refractivity contribution in [3.8, 4) is 0 Å². The molecule has 17 heavy (non-hydrogen) atoms. The quantitative estimate of drug-likeness (QED) is 0.450. The van der Waals surface area contributed by atoms with E-state index in [0.29, 0.717) is 25.1 Å². The van der Waals surface area contributed by atoms with E-state index >= 15 is 0 Å². The van der Waals surface area contributed by atoms with Crippen LogP contribution in [0.2, 0.25) is 0 Å². The normalized spacial score (nSPS) is 10.6. The lowest BCUT2D eigenvalue weighted by Gasteiger charge is -2.20. The number of hydrogen-bond donors (Lipinski definition) is 0. The van der Waals surface area contributed by atoms with Crippen LogP contribution < -0.4 is 0 Å². The zero-order chi connectivity index (χ0) is 13.3. The molecule has 0 radical (unpaired) electrons. The van der Waals surface area contributed by atoms with Crippen LogP contribution in [0, 0.1) is 0 Å². The van der Waals surface area contributed by atoms with E-state index in [-0.39, 0.29) is 12.3 Å². The highest BCUT2D eigenvalue weighted by molar-refractivity contribution is 5.92. The predicted molar refractivity (Wildman–Crippen MR) is 66.2 cm³/mol. The highest BCUT2D eigenvalue weighted by atomic mass is 19.3. The maximum atomic E-state index is 11.9. The van der Waals surface area contributed by atoms with E-state index in [1.165, 1.54) is 0 Å². The van der Waals surface area contributed by atoms with Crippen LogP contribution in [0.15, 0.2) is 12.2 Å². The van der Waals surface area contributed by atoms with E-state index < -0.39 is 6.43 Å². The van der Waals surface area contributed by atoms with Gasteiger partial charge in [0, 0.05) is 25.1 Å². The lowest BCUT2D eigenvalue weighted by Crippen LogP contribution is -2.32. The van der Waals surface area contributed by atoms with Gasteiger partial charge in [-0.3, -0.25) is 4.79 Å². The van der Waals surface area contributed by atoms with Gasteiger partial charge in [0.15, 0.2) is 0 Å². The summed E-state index contributed by atoms with van der Waals surface area (Å²) in [6.07, 6.45) is 0.943. The van der Waals surface area contributed by atoms with Crippen molar-refractivity contribution >= 4 is 5.91 Å². The van der Waals surface area contributed by atoms with Gasteiger partial charge in [-0.05, 0) is 26.7 Å². The molecule has 0 spiro atoms. The summed E-state index contributed by atoms with van der Waals surface area (Å²) < 4.78 is 23.7. The molecule has 2 nitrogen and oxygen atoms in total. The fourth-order valence-corrected chi connectivity index (χ4v) is 1.63. The second-order valence-corrected chi connectivity index (χ2v) is 4.26. The second-order valence-electron chi connectivity index (χ2n) is 4.26. The summed E-state index contributed by atoms with van der Waals surface area (Å²) in [5, 5.41) is 0. The SMILES string of the molecule is C=C(C)C(=O)N(CC)CCCCCCC(F)F. The van der Waals surface area contributed by atoms with E-state index in [1.807, 2.05) is 6.92 Å². The third-order valence-electron chi connectivity index (χ3n) is 2.63.